The van der Waals surface area contributed by atoms with E-state index in [1.807, 2.05) is 12.4 Å². The van der Waals surface area contributed by atoms with Crippen LogP contribution in [0.5, 0.6) is 0 Å². The van der Waals surface area contributed by atoms with Crippen LogP contribution in [-0.4, -0.2) is 6.21 Å². The van der Waals surface area contributed by atoms with Gasteiger partial charge in [0.2, 0.25) is 0 Å². The molecule has 0 atom stereocenters. The standard InChI is InChI=1S/C6H14.C5H7N/c1-3-5-6-4-2;1-2-4-6-5-3-1/h3-6H2,1-2H3;2,4-5H,1,3H2. The van der Waals surface area contributed by atoms with Crippen molar-refractivity contribution in [1.29, 1.82) is 0 Å². The average molecular weight is 167 g/mol. The van der Waals surface area contributed by atoms with Gasteiger partial charge in [-0.1, -0.05) is 45.6 Å². The maximum Gasteiger partial charge on any atom is 0.0224 e. The van der Waals surface area contributed by atoms with Gasteiger partial charge >= 0.3 is 0 Å². The van der Waals surface area contributed by atoms with Crippen LogP contribution in [0.25, 0.3) is 0 Å². The minimum Gasteiger partial charge on any atom is -0.269 e. The molecule has 1 rings (SSSR count). The van der Waals surface area contributed by atoms with Crippen LogP contribution in [0.3, 0.4) is 0 Å². The van der Waals surface area contributed by atoms with Crippen LogP contribution in [-0.2, 0) is 0 Å². The summed E-state index contributed by atoms with van der Waals surface area (Å²) in [6.07, 6.45) is 13.7. The first-order valence-electron chi connectivity index (χ1n) is 5.08. The average Bonchev–Trinajstić information content (AvgIpc) is 2.18. The normalized spacial score (nSPS) is 13.8. The summed E-state index contributed by atoms with van der Waals surface area (Å²) in [6, 6.07) is 0. The topological polar surface area (TPSA) is 12.4 Å². The number of nitrogens with zero attached hydrogens (tertiary/aromatic N) is 1. The monoisotopic (exact) mass is 167 g/mol. The number of hydrogen-bond donors (Lipinski definition) is 0. The summed E-state index contributed by atoms with van der Waals surface area (Å²) in [5.74, 6) is 0. The van der Waals surface area contributed by atoms with Gasteiger partial charge in [0, 0.05) is 12.4 Å². The van der Waals surface area contributed by atoms with Crippen LogP contribution in [0, 0.1) is 0 Å². The second-order valence-corrected chi connectivity index (χ2v) is 3.00. The zero-order chi connectivity index (χ0) is 9.07. The van der Waals surface area contributed by atoms with Gasteiger partial charge in [-0.15, -0.1) is 0 Å². The van der Waals surface area contributed by atoms with E-state index in [0.717, 1.165) is 6.42 Å². The van der Waals surface area contributed by atoms with Crippen molar-refractivity contribution in [2.45, 2.75) is 52.4 Å². The minimum atomic E-state index is 1.12. The van der Waals surface area contributed by atoms with Gasteiger partial charge in [0.25, 0.3) is 0 Å². The third-order valence-corrected chi connectivity index (χ3v) is 1.72. The van der Waals surface area contributed by atoms with E-state index in [-0.39, 0.29) is 0 Å². The summed E-state index contributed by atoms with van der Waals surface area (Å²) >= 11 is 0. The molecular formula is C11H21N. The van der Waals surface area contributed by atoms with Crippen LogP contribution in [0.4, 0.5) is 0 Å². The van der Waals surface area contributed by atoms with Crippen LogP contribution in [0.1, 0.15) is 52.4 Å². The van der Waals surface area contributed by atoms with Crippen molar-refractivity contribution in [2.75, 3.05) is 0 Å². The molecule has 1 heteroatoms. The van der Waals surface area contributed by atoms with E-state index in [0.29, 0.717) is 0 Å². The highest BCUT2D eigenvalue weighted by Crippen LogP contribution is 1.95. The van der Waals surface area contributed by atoms with Crippen molar-refractivity contribution in [3.05, 3.63) is 12.3 Å². The van der Waals surface area contributed by atoms with Crippen molar-refractivity contribution >= 4 is 6.21 Å². The molecule has 0 unspecified atom stereocenters. The van der Waals surface area contributed by atoms with E-state index in [9.17, 15) is 0 Å². The molecule has 0 aromatic heterocycles. The van der Waals surface area contributed by atoms with E-state index in [4.69, 9.17) is 0 Å². The van der Waals surface area contributed by atoms with Crippen molar-refractivity contribution < 1.29 is 0 Å². The first-order valence-corrected chi connectivity index (χ1v) is 5.08. The summed E-state index contributed by atoms with van der Waals surface area (Å²) in [5, 5.41) is 0. The van der Waals surface area contributed by atoms with Gasteiger partial charge < -0.3 is 0 Å². The molecule has 0 saturated heterocycles. The zero-order valence-electron chi connectivity index (χ0n) is 8.42. The molecule has 1 nitrogen and oxygen atoms in total. The van der Waals surface area contributed by atoms with Crippen molar-refractivity contribution in [1.82, 2.24) is 0 Å². The Morgan fingerprint density at radius 2 is 1.75 bits per heavy atom. The molecule has 1 aliphatic rings. The van der Waals surface area contributed by atoms with Gasteiger partial charge in [-0.05, 0) is 12.8 Å². The highest BCUT2D eigenvalue weighted by atomic mass is 14.7. The molecular weight excluding hydrogens is 146 g/mol. The van der Waals surface area contributed by atoms with Crippen molar-refractivity contribution in [2.24, 2.45) is 4.99 Å². The molecule has 0 bridgehead atoms. The Morgan fingerprint density at radius 1 is 1.08 bits per heavy atom. The van der Waals surface area contributed by atoms with Gasteiger partial charge in [-0.2, -0.15) is 0 Å². The fourth-order valence-electron chi connectivity index (χ4n) is 0.942. The Kier molecular flexibility index (Phi) is 9.90. The van der Waals surface area contributed by atoms with Gasteiger partial charge in [0.1, 0.15) is 0 Å². The van der Waals surface area contributed by atoms with E-state index in [2.05, 4.69) is 24.9 Å². The lowest BCUT2D eigenvalue weighted by molar-refractivity contribution is 0.702. The summed E-state index contributed by atoms with van der Waals surface area (Å²) in [6.45, 7) is 4.46. The quantitative estimate of drug-likeness (QED) is 0.564. The predicted molar refractivity (Wildman–Crippen MR) is 56.7 cm³/mol. The zero-order valence-corrected chi connectivity index (χ0v) is 8.42. The summed E-state index contributed by atoms with van der Waals surface area (Å²) < 4.78 is 0. The highest BCUT2D eigenvalue weighted by Gasteiger charge is 1.78. The minimum absolute atomic E-state index is 1.12. The molecule has 0 N–H and O–H groups in total. The molecule has 0 saturated carbocycles. The molecule has 0 aromatic carbocycles. The van der Waals surface area contributed by atoms with Gasteiger partial charge in [0.05, 0.1) is 0 Å². The third-order valence-electron chi connectivity index (χ3n) is 1.72. The number of hydrogen-bond acceptors (Lipinski definition) is 1. The molecule has 0 radical (unpaired) electrons. The van der Waals surface area contributed by atoms with Gasteiger partial charge in [-0.3, -0.25) is 4.99 Å². The largest absolute Gasteiger partial charge is 0.269 e. The Bertz CT molecular complexity index is 109. The first-order chi connectivity index (χ1) is 5.91. The Labute approximate surface area is 76.6 Å². The highest BCUT2D eigenvalue weighted by molar-refractivity contribution is 5.59. The second kappa shape index (κ2) is 10.4. The maximum absolute atomic E-state index is 3.87. The molecule has 12 heavy (non-hydrogen) atoms. The van der Waals surface area contributed by atoms with E-state index >= 15 is 0 Å². The van der Waals surface area contributed by atoms with Crippen LogP contribution in [0.15, 0.2) is 17.3 Å². The van der Waals surface area contributed by atoms with Crippen LogP contribution in [0.2, 0.25) is 0 Å². The SMILES string of the molecule is C1=CN=CCC1.CCCCCC. The van der Waals surface area contributed by atoms with E-state index < -0.39 is 0 Å². The number of allylic oxidation sites excluding steroid dienone is 1. The maximum atomic E-state index is 3.87. The molecule has 0 spiro atoms. The molecule has 0 aromatic rings. The predicted octanol–water partition coefficient (Wildman–Crippen LogP) is 3.95. The van der Waals surface area contributed by atoms with E-state index in [1.165, 1.54) is 32.1 Å². The lowest BCUT2D eigenvalue weighted by atomic mass is 10.2. The Hall–Kier alpha value is -0.590. The first kappa shape index (κ1) is 11.4. The van der Waals surface area contributed by atoms with Gasteiger partial charge in [0.15, 0.2) is 0 Å². The molecule has 1 aliphatic heterocycles. The van der Waals surface area contributed by atoms with E-state index in [1.54, 1.807) is 0 Å². The van der Waals surface area contributed by atoms with Crippen LogP contribution < -0.4 is 0 Å². The Balaban J connectivity index is 0.000000202. The van der Waals surface area contributed by atoms with Crippen molar-refractivity contribution in [3.63, 3.8) is 0 Å². The molecule has 0 fully saturated rings. The third kappa shape index (κ3) is 9.41. The Morgan fingerprint density at radius 3 is 1.92 bits per heavy atom. The van der Waals surface area contributed by atoms with Gasteiger partial charge in [-0.25, -0.2) is 0 Å². The number of rotatable bonds is 3. The summed E-state index contributed by atoms with van der Waals surface area (Å²) in [4.78, 5) is 3.87. The number of aliphatic imine (C=N–C) groups is 1. The fraction of sp³-hybridized carbons (Fsp3) is 0.727. The van der Waals surface area contributed by atoms with Crippen LogP contribution >= 0.6 is 0 Å². The molecule has 70 valence electrons. The summed E-state index contributed by atoms with van der Waals surface area (Å²) in [7, 11) is 0. The lowest BCUT2D eigenvalue weighted by Crippen LogP contribution is -1.75. The smallest absolute Gasteiger partial charge is 0.0224 e. The molecule has 1 heterocycles. The second-order valence-electron chi connectivity index (χ2n) is 3.00. The lowest BCUT2D eigenvalue weighted by Gasteiger charge is -1.87. The fourth-order valence-corrected chi connectivity index (χ4v) is 0.942. The van der Waals surface area contributed by atoms with Crippen molar-refractivity contribution in [3.8, 4) is 0 Å². The molecule has 0 amide bonds. The number of unbranched alkanes of at least 4 members (excludes halogenated alkanes) is 3. The molecule has 0 aliphatic carbocycles. The summed E-state index contributed by atoms with van der Waals surface area (Å²) in [5.41, 5.74) is 0.